The molecule has 2 aliphatic rings. The minimum absolute atomic E-state index is 0.0479. The second-order valence-electron chi connectivity index (χ2n) is 9.17. The van der Waals surface area contributed by atoms with E-state index in [0.29, 0.717) is 16.6 Å². The molecule has 1 heterocycles. The summed E-state index contributed by atoms with van der Waals surface area (Å²) in [5, 5.41) is 16.3. The molecule has 0 saturated carbocycles. The predicted molar refractivity (Wildman–Crippen MR) is 143 cm³/mol. The van der Waals surface area contributed by atoms with Crippen LogP contribution >= 0.6 is 15.9 Å². The van der Waals surface area contributed by atoms with E-state index in [9.17, 15) is 9.90 Å². The third-order valence-corrected chi connectivity index (χ3v) is 7.81. The molecule has 0 spiro atoms. The number of benzene rings is 4. The van der Waals surface area contributed by atoms with Gasteiger partial charge in [0.1, 0.15) is 0 Å². The first-order valence-corrected chi connectivity index (χ1v) is 12.5. The number of ketones is 1. The molecule has 174 valence electrons. The van der Waals surface area contributed by atoms with E-state index in [0.717, 1.165) is 45.2 Å². The molecule has 0 amide bonds. The number of Topliss-reactive ketones (excluding diaryl/α,β-unsaturated/α-hetero) is 1. The monoisotopic (exact) mass is 525 g/mol. The molecule has 5 heteroatoms. The molecule has 1 aliphatic carbocycles. The molecule has 35 heavy (non-hydrogen) atoms. The summed E-state index contributed by atoms with van der Waals surface area (Å²) < 4.78 is 5.95. The zero-order chi connectivity index (χ0) is 24.1. The average Bonchev–Trinajstić information content (AvgIpc) is 2.89. The van der Waals surface area contributed by atoms with Crippen LogP contribution in [0, 0.1) is 0 Å². The van der Waals surface area contributed by atoms with Crippen molar-refractivity contribution in [2.75, 3.05) is 12.4 Å². The summed E-state index contributed by atoms with van der Waals surface area (Å²) in [6.07, 6.45) is 1.26. The van der Waals surface area contributed by atoms with Crippen LogP contribution in [0.4, 0.5) is 5.69 Å². The van der Waals surface area contributed by atoms with Crippen LogP contribution in [0.2, 0.25) is 0 Å². The van der Waals surface area contributed by atoms with Crippen molar-refractivity contribution in [2.24, 2.45) is 0 Å². The number of carbonyl (C=O) groups is 1. The van der Waals surface area contributed by atoms with Crippen molar-refractivity contribution >= 4 is 43.7 Å². The van der Waals surface area contributed by atoms with Gasteiger partial charge in [-0.25, -0.2) is 0 Å². The maximum Gasteiger partial charge on any atom is 0.172 e. The highest BCUT2D eigenvalue weighted by Gasteiger charge is 2.38. The number of hydrogen-bond donors (Lipinski definition) is 2. The lowest BCUT2D eigenvalue weighted by molar-refractivity contribution is -0.116. The molecule has 0 aromatic heterocycles. The number of allylic oxidation sites excluding steroid dienone is 1. The fourth-order valence-electron chi connectivity index (χ4n) is 5.57. The van der Waals surface area contributed by atoms with Gasteiger partial charge >= 0.3 is 0 Å². The lowest BCUT2D eigenvalue weighted by Crippen LogP contribution is -2.29. The van der Waals surface area contributed by atoms with E-state index >= 15 is 0 Å². The van der Waals surface area contributed by atoms with E-state index in [1.54, 1.807) is 0 Å². The summed E-state index contributed by atoms with van der Waals surface area (Å²) in [5.74, 6) is 0.702. The largest absolute Gasteiger partial charge is 0.503 e. The van der Waals surface area contributed by atoms with Crippen LogP contribution in [0.15, 0.2) is 88.9 Å². The molecule has 0 radical (unpaired) electrons. The van der Waals surface area contributed by atoms with E-state index in [-0.39, 0.29) is 23.5 Å². The van der Waals surface area contributed by atoms with Crippen molar-refractivity contribution < 1.29 is 14.6 Å². The van der Waals surface area contributed by atoms with Crippen LogP contribution in [0.3, 0.4) is 0 Å². The van der Waals surface area contributed by atoms with E-state index in [2.05, 4.69) is 63.7 Å². The molecular weight excluding hydrogens is 502 g/mol. The summed E-state index contributed by atoms with van der Waals surface area (Å²) >= 11 is 3.45. The molecule has 4 nitrogen and oxygen atoms in total. The zero-order valence-corrected chi connectivity index (χ0v) is 20.8. The fourth-order valence-corrected chi connectivity index (χ4v) is 6.03. The minimum Gasteiger partial charge on any atom is -0.503 e. The predicted octanol–water partition coefficient (Wildman–Crippen LogP) is 7.38. The van der Waals surface area contributed by atoms with Crippen molar-refractivity contribution in [2.45, 2.75) is 24.8 Å². The fraction of sp³-hybridized carbons (Fsp3) is 0.167. The smallest absolute Gasteiger partial charge is 0.172 e. The molecule has 6 rings (SSSR count). The van der Waals surface area contributed by atoms with Gasteiger partial charge in [-0.15, -0.1) is 0 Å². The number of nitrogens with one attached hydrogen (secondary N) is 1. The lowest BCUT2D eigenvalue weighted by atomic mass is 9.71. The maximum absolute atomic E-state index is 13.9. The van der Waals surface area contributed by atoms with Gasteiger partial charge in [-0.2, -0.15) is 0 Å². The molecule has 0 fully saturated rings. The topological polar surface area (TPSA) is 58.6 Å². The molecular formula is C30H24BrNO3. The number of rotatable bonds is 3. The highest BCUT2D eigenvalue weighted by Crippen LogP contribution is 2.52. The Bertz CT molecular complexity index is 1510. The van der Waals surface area contributed by atoms with Gasteiger partial charge in [0.25, 0.3) is 0 Å². The highest BCUT2D eigenvalue weighted by molar-refractivity contribution is 9.10. The number of phenols is 1. The summed E-state index contributed by atoms with van der Waals surface area (Å²) in [4.78, 5) is 13.9. The van der Waals surface area contributed by atoms with Crippen molar-refractivity contribution in [3.8, 4) is 11.5 Å². The van der Waals surface area contributed by atoms with Gasteiger partial charge in [0.2, 0.25) is 0 Å². The van der Waals surface area contributed by atoms with Crippen LogP contribution in [0.5, 0.6) is 11.5 Å². The molecule has 4 aromatic carbocycles. The van der Waals surface area contributed by atoms with Gasteiger partial charge in [0, 0.05) is 23.2 Å². The van der Waals surface area contributed by atoms with Crippen LogP contribution in [0.1, 0.15) is 41.5 Å². The Morgan fingerprint density at radius 3 is 2.51 bits per heavy atom. The van der Waals surface area contributed by atoms with Crippen LogP contribution in [-0.2, 0) is 4.79 Å². The van der Waals surface area contributed by atoms with Crippen molar-refractivity contribution in [3.63, 3.8) is 0 Å². The van der Waals surface area contributed by atoms with Gasteiger partial charge in [-0.05, 0) is 73.9 Å². The van der Waals surface area contributed by atoms with Crippen molar-refractivity contribution in [1.29, 1.82) is 0 Å². The lowest BCUT2D eigenvalue weighted by Gasteiger charge is -2.37. The minimum atomic E-state index is -0.339. The van der Waals surface area contributed by atoms with Crippen molar-refractivity contribution in [3.05, 3.63) is 106 Å². The number of ether oxygens (including phenoxy) is 1. The Balaban J connectivity index is 1.58. The Morgan fingerprint density at radius 1 is 0.943 bits per heavy atom. The number of fused-ring (bicyclic) bond motifs is 4. The van der Waals surface area contributed by atoms with E-state index < -0.39 is 0 Å². The number of phenolic OH excluding ortho intramolecular Hbond substituents is 1. The van der Waals surface area contributed by atoms with Crippen molar-refractivity contribution in [1.82, 2.24) is 0 Å². The van der Waals surface area contributed by atoms with E-state index in [4.69, 9.17) is 4.74 Å². The summed E-state index contributed by atoms with van der Waals surface area (Å²) in [5.41, 5.74) is 6.10. The second-order valence-corrected chi connectivity index (χ2v) is 10.0. The van der Waals surface area contributed by atoms with Crippen LogP contribution < -0.4 is 10.1 Å². The van der Waals surface area contributed by atoms with E-state index in [1.165, 1.54) is 12.7 Å². The summed E-state index contributed by atoms with van der Waals surface area (Å²) in [7, 11) is 1.53. The molecule has 1 aliphatic heterocycles. The molecule has 4 aromatic rings. The first kappa shape index (κ1) is 21.9. The number of anilines is 1. The van der Waals surface area contributed by atoms with Gasteiger partial charge in [-0.3, -0.25) is 4.79 Å². The highest BCUT2D eigenvalue weighted by atomic mass is 79.9. The SMILES string of the molecule is COc1cc([C@@H]2Nc3ccc4ccccc4c3C3=C2C(=O)C[C@@H](c2ccccc2)C3)cc(Br)c1O. The third-order valence-electron chi connectivity index (χ3n) is 7.20. The third kappa shape index (κ3) is 3.62. The van der Waals surface area contributed by atoms with E-state index in [1.807, 2.05) is 36.4 Å². The quantitative estimate of drug-likeness (QED) is 0.292. The Hall–Kier alpha value is -3.57. The van der Waals surface area contributed by atoms with Crippen LogP contribution in [-0.4, -0.2) is 18.0 Å². The molecule has 2 atom stereocenters. The Morgan fingerprint density at radius 2 is 1.71 bits per heavy atom. The first-order valence-electron chi connectivity index (χ1n) is 11.7. The number of hydrogen-bond acceptors (Lipinski definition) is 4. The average molecular weight is 526 g/mol. The normalized spacial score (nSPS) is 19.2. The number of methoxy groups -OCH3 is 1. The number of halogens is 1. The molecule has 2 N–H and O–H groups in total. The zero-order valence-electron chi connectivity index (χ0n) is 19.2. The Kier molecular flexibility index (Phi) is 5.37. The molecule has 0 unspecified atom stereocenters. The summed E-state index contributed by atoms with van der Waals surface area (Å²) in [6, 6.07) is 26.2. The summed E-state index contributed by atoms with van der Waals surface area (Å²) in [6.45, 7) is 0. The number of aromatic hydroxyl groups is 1. The maximum atomic E-state index is 13.9. The first-order chi connectivity index (χ1) is 17.0. The second kappa shape index (κ2) is 8.58. The van der Waals surface area contributed by atoms with Crippen LogP contribution in [0.25, 0.3) is 16.3 Å². The molecule has 0 bridgehead atoms. The molecule has 0 saturated heterocycles. The van der Waals surface area contributed by atoms with Gasteiger partial charge in [-0.1, -0.05) is 60.7 Å². The van der Waals surface area contributed by atoms with Gasteiger partial charge in [0.15, 0.2) is 17.3 Å². The van der Waals surface area contributed by atoms with Gasteiger partial charge < -0.3 is 15.2 Å². The Labute approximate surface area is 212 Å². The number of carbonyl (C=O) groups excluding carboxylic acids is 1. The van der Waals surface area contributed by atoms with Gasteiger partial charge in [0.05, 0.1) is 17.6 Å². The standard InChI is InChI=1S/C30H24BrNO3/c1-35-26-16-20(14-23(31)30(26)34)29-28-22(13-19(15-25(28)33)17-7-3-2-4-8-17)27-21-10-6-5-9-18(21)11-12-24(27)32-29/h2-12,14,16,19,29,32,34H,13,15H2,1H3/t19-,29-/m0/s1.